The average molecular weight is 715 g/mol. The number of thiazole rings is 1. The summed E-state index contributed by atoms with van der Waals surface area (Å²) in [6, 6.07) is 18.4. The first kappa shape index (κ1) is 36.6. The molecule has 0 radical (unpaired) electrons. The van der Waals surface area contributed by atoms with Crippen LogP contribution in [0.5, 0.6) is 17.2 Å². The molecule has 1 atom stereocenters. The molecule has 51 heavy (non-hydrogen) atoms. The van der Waals surface area contributed by atoms with E-state index in [0.717, 1.165) is 5.56 Å². The number of para-hydroxylation sites is 1. The van der Waals surface area contributed by atoms with Gasteiger partial charge in [-0.25, -0.2) is 19.4 Å². The molecule has 0 saturated heterocycles. The Labute approximate surface area is 298 Å². The smallest absolute Gasteiger partial charge is 0.343 e. The highest BCUT2D eigenvalue weighted by molar-refractivity contribution is 7.07. The van der Waals surface area contributed by atoms with Crippen LogP contribution in [0.15, 0.2) is 87.8 Å². The molecule has 266 valence electrons. The number of carbonyl (C=O) groups excluding carboxylic acids is 3. The number of hydrogen-bond acceptors (Lipinski definition) is 12. The summed E-state index contributed by atoms with van der Waals surface area (Å²) < 4.78 is 34.7. The van der Waals surface area contributed by atoms with Crippen LogP contribution in [-0.2, 0) is 30.4 Å². The normalized spacial score (nSPS) is 13.9. The summed E-state index contributed by atoms with van der Waals surface area (Å²) in [5.41, 5.74) is 2.75. The van der Waals surface area contributed by atoms with Gasteiger partial charge in [0.1, 0.15) is 12.4 Å². The number of aromatic nitrogens is 1. The molecule has 5 rings (SSSR count). The fourth-order valence-corrected chi connectivity index (χ4v) is 6.41. The molecule has 1 aromatic heterocycles. The summed E-state index contributed by atoms with van der Waals surface area (Å²) in [7, 11) is 1.26. The Morgan fingerprint density at radius 1 is 0.843 bits per heavy atom. The van der Waals surface area contributed by atoms with Crippen LogP contribution in [0.1, 0.15) is 60.8 Å². The van der Waals surface area contributed by atoms with Gasteiger partial charge >= 0.3 is 17.9 Å². The number of rotatable bonds is 14. The van der Waals surface area contributed by atoms with E-state index in [9.17, 15) is 19.2 Å². The topological polar surface area (TPSA) is 141 Å². The van der Waals surface area contributed by atoms with Gasteiger partial charge in [0, 0.05) is 5.56 Å². The molecule has 0 amide bonds. The van der Waals surface area contributed by atoms with E-state index < -0.39 is 18.0 Å². The van der Waals surface area contributed by atoms with Crippen molar-refractivity contribution in [2.24, 2.45) is 4.99 Å². The predicted octanol–water partition coefficient (Wildman–Crippen LogP) is 4.50. The van der Waals surface area contributed by atoms with E-state index in [4.69, 9.17) is 23.7 Å². The summed E-state index contributed by atoms with van der Waals surface area (Å²) in [5.74, 6) is -0.394. The largest absolute Gasteiger partial charge is 0.490 e. The number of fused-ring (bicyclic) bond motifs is 1. The van der Waals surface area contributed by atoms with E-state index in [0.29, 0.717) is 62.2 Å². The molecule has 0 bridgehead atoms. The van der Waals surface area contributed by atoms with Crippen molar-refractivity contribution < 1.29 is 42.8 Å². The van der Waals surface area contributed by atoms with E-state index in [2.05, 4.69) is 9.73 Å². The standard InChI is InChI=1S/C38H38N2O10S/c1-6-46-30-19-27(17-18-29(30)50-22-32(41)45-5)34-33(37(44)48-8-3)23(4)39-38-40(34)35(42)31(51-38)20-26-11-9-10-12-28(26)49-21-24-13-15-25(16-14-24)36(43)47-7-2/h9-20,34H,6-8,21-22H2,1-5H3/b31-20+/t34-/m1/s1. The lowest BCUT2D eigenvalue weighted by molar-refractivity contribution is -0.143. The molecule has 0 fully saturated rings. The zero-order valence-electron chi connectivity index (χ0n) is 28.9. The summed E-state index contributed by atoms with van der Waals surface area (Å²) >= 11 is 1.18. The van der Waals surface area contributed by atoms with Crippen molar-refractivity contribution in [3.05, 3.63) is 120 Å². The molecule has 4 aromatic rings. The van der Waals surface area contributed by atoms with Crippen LogP contribution < -0.4 is 29.1 Å². The lowest BCUT2D eigenvalue weighted by atomic mass is 9.95. The van der Waals surface area contributed by atoms with Gasteiger partial charge in [0.25, 0.3) is 5.56 Å². The maximum Gasteiger partial charge on any atom is 0.343 e. The average Bonchev–Trinajstić information content (AvgIpc) is 3.43. The van der Waals surface area contributed by atoms with Gasteiger partial charge in [-0.05, 0) is 75.2 Å². The molecule has 0 saturated carbocycles. The molecule has 1 aliphatic rings. The number of hydrogen-bond donors (Lipinski definition) is 0. The van der Waals surface area contributed by atoms with Crippen LogP contribution in [0.4, 0.5) is 0 Å². The Morgan fingerprint density at radius 2 is 1.57 bits per heavy atom. The second-order valence-corrected chi connectivity index (χ2v) is 12.1. The Morgan fingerprint density at radius 3 is 2.27 bits per heavy atom. The first-order valence-electron chi connectivity index (χ1n) is 16.3. The molecule has 3 aromatic carbocycles. The molecule has 2 heterocycles. The zero-order chi connectivity index (χ0) is 36.5. The highest BCUT2D eigenvalue weighted by Gasteiger charge is 2.34. The minimum Gasteiger partial charge on any atom is -0.490 e. The van der Waals surface area contributed by atoms with E-state index in [1.165, 1.54) is 23.0 Å². The SMILES string of the molecule is CCOC(=O)C1=C(C)N=c2s/c(=C/c3ccccc3OCc3ccc(C(=O)OCC)cc3)c(=O)n2[C@@H]1c1ccc(OCC(=O)OC)c(OCC)c1. The van der Waals surface area contributed by atoms with Crippen molar-refractivity contribution in [3.63, 3.8) is 0 Å². The quantitative estimate of drug-likeness (QED) is 0.135. The predicted molar refractivity (Wildman–Crippen MR) is 189 cm³/mol. The van der Waals surface area contributed by atoms with Crippen LogP contribution >= 0.6 is 11.3 Å². The van der Waals surface area contributed by atoms with Crippen LogP contribution in [-0.4, -0.2) is 56.0 Å². The van der Waals surface area contributed by atoms with Crippen LogP contribution in [0, 0.1) is 0 Å². The number of carbonyl (C=O) groups is 3. The third kappa shape index (κ3) is 8.38. The van der Waals surface area contributed by atoms with Gasteiger partial charge in [-0.15, -0.1) is 0 Å². The van der Waals surface area contributed by atoms with Crippen molar-refractivity contribution >= 4 is 35.3 Å². The second-order valence-electron chi connectivity index (χ2n) is 11.1. The third-order valence-corrected chi connectivity index (χ3v) is 8.72. The lowest BCUT2D eigenvalue weighted by Crippen LogP contribution is -2.40. The Bertz CT molecular complexity index is 2130. The van der Waals surface area contributed by atoms with Crippen molar-refractivity contribution in [3.8, 4) is 17.2 Å². The van der Waals surface area contributed by atoms with Crippen molar-refractivity contribution in [1.29, 1.82) is 0 Å². The number of esters is 3. The van der Waals surface area contributed by atoms with Gasteiger partial charge in [0.05, 0.1) is 54.3 Å². The first-order valence-corrected chi connectivity index (χ1v) is 17.1. The Kier molecular flexibility index (Phi) is 12.1. The van der Waals surface area contributed by atoms with Crippen molar-refractivity contribution in [1.82, 2.24) is 4.57 Å². The number of methoxy groups -OCH3 is 1. The molecule has 0 aliphatic carbocycles. The molecule has 12 nitrogen and oxygen atoms in total. The minimum atomic E-state index is -0.902. The highest BCUT2D eigenvalue weighted by Crippen LogP contribution is 2.36. The molecule has 1 aliphatic heterocycles. The number of allylic oxidation sites excluding steroid dienone is 1. The molecular weight excluding hydrogens is 676 g/mol. The third-order valence-electron chi connectivity index (χ3n) is 7.74. The Balaban J connectivity index is 1.53. The van der Waals surface area contributed by atoms with Gasteiger partial charge in [-0.2, -0.15) is 0 Å². The van der Waals surface area contributed by atoms with Gasteiger partial charge in [-0.3, -0.25) is 9.36 Å². The van der Waals surface area contributed by atoms with Crippen LogP contribution in [0.25, 0.3) is 6.08 Å². The van der Waals surface area contributed by atoms with Crippen LogP contribution in [0.2, 0.25) is 0 Å². The first-order chi connectivity index (χ1) is 24.7. The minimum absolute atomic E-state index is 0.129. The van der Waals surface area contributed by atoms with Crippen LogP contribution in [0.3, 0.4) is 0 Å². The van der Waals surface area contributed by atoms with Gasteiger partial charge in [0.15, 0.2) is 22.9 Å². The molecule has 0 spiro atoms. The van der Waals surface area contributed by atoms with Crippen molar-refractivity contribution in [2.45, 2.75) is 40.3 Å². The van der Waals surface area contributed by atoms with Crippen molar-refractivity contribution in [2.75, 3.05) is 33.5 Å². The van der Waals surface area contributed by atoms with Gasteiger partial charge in [-0.1, -0.05) is 47.7 Å². The Hall–Kier alpha value is -5.69. The lowest BCUT2D eigenvalue weighted by Gasteiger charge is -2.25. The highest BCUT2D eigenvalue weighted by atomic mass is 32.1. The number of ether oxygens (including phenoxy) is 6. The van der Waals surface area contributed by atoms with Gasteiger partial charge < -0.3 is 28.4 Å². The molecule has 13 heteroatoms. The maximum absolute atomic E-state index is 14.3. The number of benzene rings is 3. The monoisotopic (exact) mass is 714 g/mol. The fraction of sp³-hybridized carbons (Fsp3) is 0.289. The van der Waals surface area contributed by atoms with E-state index in [1.54, 1.807) is 82.3 Å². The van der Waals surface area contributed by atoms with E-state index >= 15 is 0 Å². The van der Waals surface area contributed by atoms with E-state index in [-0.39, 0.29) is 36.9 Å². The number of nitrogens with zero attached hydrogens (tertiary/aromatic N) is 2. The zero-order valence-corrected chi connectivity index (χ0v) is 29.7. The fourth-order valence-electron chi connectivity index (χ4n) is 5.37. The summed E-state index contributed by atoms with van der Waals surface area (Å²) in [6.07, 6.45) is 1.73. The van der Waals surface area contributed by atoms with Gasteiger partial charge in [0.2, 0.25) is 0 Å². The molecule has 0 N–H and O–H groups in total. The summed E-state index contributed by atoms with van der Waals surface area (Å²) in [5, 5.41) is 0. The van der Waals surface area contributed by atoms with E-state index in [1.807, 2.05) is 18.2 Å². The molecule has 0 unspecified atom stereocenters. The summed E-state index contributed by atoms with van der Waals surface area (Å²) in [6.45, 7) is 7.58. The summed E-state index contributed by atoms with van der Waals surface area (Å²) in [4.78, 5) is 56.5. The second kappa shape index (κ2) is 16.8. The maximum atomic E-state index is 14.3. The molecular formula is C38H38N2O10S.